The fourth-order valence-electron chi connectivity index (χ4n) is 0.992. The van der Waals surface area contributed by atoms with E-state index in [4.69, 9.17) is 5.11 Å². The molecule has 0 unspecified atom stereocenters. The van der Waals surface area contributed by atoms with E-state index in [1.807, 2.05) is 0 Å². The summed E-state index contributed by atoms with van der Waals surface area (Å²) in [7, 11) is 0. The molecule has 0 aliphatic carbocycles. The van der Waals surface area contributed by atoms with Gasteiger partial charge < -0.3 is 9.84 Å². The molecule has 0 aromatic rings. The molecule has 20 heavy (non-hydrogen) atoms. The maximum atomic E-state index is 11.1. The molecule has 0 aliphatic heterocycles. The van der Waals surface area contributed by atoms with Gasteiger partial charge in [0.15, 0.2) is 14.8 Å². The van der Waals surface area contributed by atoms with Crippen LogP contribution in [-0.4, -0.2) is 44.2 Å². The van der Waals surface area contributed by atoms with Gasteiger partial charge in [0.1, 0.15) is 0 Å². The highest BCUT2D eigenvalue weighted by molar-refractivity contribution is 5.71. The molecule has 0 amide bonds. The fourth-order valence-corrected chi connectivity index (χ4v) is 0.992. The minimum absolute atomic E-state index is 0.170. The van der Waals surface area contributed by atoms with Crippen LogP contribution in [0.25, 0.3) is 0 Å². The van der Waals surface area contributed by atoms with Crippen molar-refractivity contribution >= 4 is 11.9 Å². The maximum Gasteiger partial charge on any atom is 0.734 e. The van der Waals surface area contributed by atoms with Crippen LogP contribution in [0.5, 0.6) is 0 Å². The first kappa shape index (κ1) is 17.1. The van der Waals surface area contributed by atoms with Gasteiger partial charge in [0.05, 0.1) is 0 Å². The number of esters is 1. The SMILES string of the molecule is O=C(O)CCCC(=O)OCC([N+](=O)[O-])([N+](=O)[O-])[N+](=O)[O-]. The molecule has 0 radical (unpaired) electrons. The first-order valence-electron chi connectivity index (χ1n) is 4.95. The molecular weight excluding hydrogens is 286 g/mol. The molecule has 0 aromatic heterocycles. The average Bonchev–Trinajstić information content (AvgIpc) is 2.27. The predicted molar refractivity (Wildman–Crippen MR) is 56.2 cm³/mol. The van der Waals surface area contributed by atoms with Gasteiger partial charge in [-0.25, -0.2) is 0 Å². The summed E-state index contributed by atoms with van der Waals surface area (Å²) in [4.78, 5) is 47.3. The molecule has 0 rings (SSSR count). The molecule has 0 spiro atoms. The lowest BCUT2D eigenvalue weighted by Gasteiger charge is -2.09. The molecule has 0 heterocycles. The molecule has 0 aliphatic rings. The Morgan fingerprint density at radius 3 is 1.80 bits per heavy atom. The van der Waals surface area contributed by atoms with E-state index in [1.165, 1.54) is 0 Å². The van der Waals surface area contributed by atoms with Crippen LogP contribution in [0, 0.1) is 30.3 Å². The largest absolute Gasteiger partial charge is 0.734 e. The molecule has 0 saturated carbocycles. The molecule has 13 heteroatoms. The third-order valence-electron chi connectivity index (χ3n) is 2.08. The number of carbonyl (C=O) groups is 2. The minimum atomic E-state index is -3.87. The lowest BCUT2D eigenvalue weighted by molar-refractivity contribution is -0.970. The number of carboxylic acid groups (broad SMARTS) is 1. The van der Waals surface area contributed by atoms with Gasteiger partial charge in [-0.2, -0.15) is 0 Å². The number of nitrogens with zero attached hydrogens (tertiary/aromatic N) is 3. The number of nitro groups is 3. The van der Waals surface area contributed by atoms with Crippen molar-refractivity contribution < 1.29 is 34.2 Å². The second-order valence-electron chi connectivity index (χ2n) is 3.45. The summed E-state index contributed by atoms with van der Waals surface area (Å²) < 4.78 is 4.12. The third kappa shape index (κ3) is 4.11. The predicted octanol–water partition coefficient (Wildman–Crippen LogP) is -0.732. The van der Waals surface area contributed by atoms with Crippen LogP contribution < -0.4 is 0 Å². The summed E-state index contributed by atoms with van der Waals surface area (Å²) >= 11 is 0. The van der Waals surface area contributed by atoms with Crippen molar-refractivity contribution in [2.75, 3.05) is 6.61 Å². The van der Waals surface area contributed by atoms with Gasteiger partial charge in [-0.15, -0.1) is 0 Å². The monoisotopic (exact) mass is 295 g/mol. The van der Waals surface area contributed by atoms with Gasteiger partial charge in [-0.1, -0.05) is 0 Å². The summed E-state index contributed by atoms with van der Waals surface area (Å²) in [5.41, 5.74) is 0. The van der Waals surface area contributed by atoms with E-state index in [-0.39, 0.29) is 12.8 Å². The lowest BCUT2D eigenvalue weighted by Crippen LogP contribution is -2.57. The number of rotatable bonds is 9. The van der Waals surface area contributed by atoms with Gasteiger partial charge in [0, 0.05) is 12.8 Å². The van der Waals surface area contributed by atoms with Crippen LogP contribution in [0.2, 0.25) is 0 Å². The van der Waals surface area contributed by atoms with Crippen molar-refractivity contribution in [1.82, 2.24) is 0 Å². The molecule has 0 bridgehead atoms. The molecule has 0 aromatic carbocycles. The molecule has 0 fully saturated rings. The lowest BCUT2D eigenvalue weighted by atomic mass is 10.2. The molecule has 0 saturated heterocycles. The topological polar surface area (TPSA) is 193 Å². The van der Waals surface area contributed by atoms with Crippen molar-refractivity contribution in [2.24, 2.45) is 0 Å². The molecular formula is C7H9N3O10. The number of aliphatic carboxylic acids is 1. The van der Waals surface area contributed by atoms with Crippen molar-refractivity contribution in [1.29, 1.82) is 0 Å². The average molecular weight is 295 g/mol. The Balaban J connectivity index is 4.67. The Hall–Kier alpha value is -2.86. The Morgan fingerprint density at radius 1 is 1.00 bits per heavy atom. The molecule has 1 N–H and O–H groups in total. The van der Waals surface area contributed by atoms with E-state index in [0.717, 1.165) is 0 Å². The van der Waals surface area contributed by atoms with Crippen molar-refractivity contribution in [2.45, 2.75) is 25.0 Å². The highest BCUT2D eigenvalue weighted by Gasteiger charge is 2.72. The summed E-state index contributed by atoms with van der Waals surface area (Å²) in [5, 5.41) is 39.7. The maximum absolute atomic E-state index is 11.1. The van der Waals surface area contributed by atoms with Gasteiger partial charge in [-0.3, -0.25) is 39.9 Å². The standard InChI is InChI=1S/C7H9N3O10/c11-5(12)2-1-3-6(13)20-4-7(8(14)15,9(16)17)10(18)19/h1-4H2,(H,11,12). The quantitative estimate of drug-likeness (QED) is 0.245. The zero-order chi connectivity index (χ0) is 15.9. The van der Waals surface area contributed by atoms with Crippen molar-refractivity contribution in [3.05, 3.63) is 30.3 Å². The van der Waals surface area contributed by atoms with Gasteiger partial charge in [0.2, 0.25) is 0 Å². The first-order valence-corrected chi connectivity index (χ1v) is 4.95. The summed E-state index contributed by atoms with van der Waals surface area (Å²) in [6, 6.07) is 0. The van der Waals surface area contributed by atoms with Gasteiger partial charge >= 0.3 is 24.3 Å². The Labute approximate surface area is 109 Å². The third-order valence-corrected chi connectivity index (χ3v) is 2.08. The van der Waals surface area contributed by atoms with Gasteiger partial charge in [-0.05, 0) is 6.42 Å². The highest BCUT2D eigenvalue weighted by atomic mass is 16.7. The van der Waals surface area contributed by atoms with E-state index in [9.17, 15) is 39.9 Å². The molecule has 0 atom stereocenters. The van der Waals surface area contributed by atoms with Gasteiger partial charge in [0.25, 0.3) is 0 Å². The number of hydrogen-bond donors (Lipinski definition) is 1. The molecule has 13 nitrogen and oxygen atoms in total. The summed E-state index contributed by atoms with van der Waals surface area (Å²) in [6.07, 6.45) is -1.05. The highest BCUT2D eigenvalue weighted by Crippen LogP contribution is 2.13. The van der Waals surface area contributed by atoms with E-state index in [1.54, 1.807) is 0 Å². The number of hydrogen-bond acceptors (Lipinski definition) is 9. The van der Waals surface area contributed by atoms with Crippen molar-refractivity contribution in [3.63, 3.8) is 0 Å². The van der Waals surface area contributed by atoms with Crippen LogP contribution in [0.15, 0.2) is 0 Å². The fraction of sp³-hybridized carbons (Fsp3) is 0.714. The van der Waals surface area contributed by atoms with Crippen LogP contribution in [0.1, 0.15) is 19.3 Å². The second-order valence-corrected chi connectivity index (χ2v) is 3.45. The Kier molecular flexibility index (Phi) is 5.92. The van der Waals surface area contributed by atoms with Crippen LogP contribution in [0.3, 0.4) is 0 Å². The Morgan fingerprint density at radius 2 is 1.45 bits per heavy atom. The van der Waals surface area contributed by atoms with Crippen LogP contribution in [0.4, 0.5) is 0 Å². The number of carbonyl (C=O) groups excluding carboxylic acids is 1. The zero-order valence-corrected chi connectivity index (χ0v) is 9.79. The zero-order valence-electron chi connectivity index (χ0n) is 9.79. The van der Waals surface area contributed by atoms with Crippen LogP contribution >= 0.6 is 0 Å². The van der Waals surface area contributed by atoms with E-state index in [0.29, 0.717) is 0 Å². The van der Waals surface area contributed by atoms with Crippen molar-refractivity contribution in [3.8, 4) is 0 Å². The molecule has 112 valence electrons. The first-order chi connectivity index (χ1) is 9.14. The summed E-state index contributed by atoms with van der Waals surface area (Å²) in [5.74, 6) is -6.28. The normalized spacial score (nSPS) is 10.6. The summed E-state index contributed by atoms with van der Waals surface area (Å²) in [6.45, 7) is -1.69. The number of carboxylic acids is 1. The van der Waals surface area contributed by atoms with E-state index >= 15 is 0 Å². The van der Waals surface area contributed by atoms with E-state index < -0.39 is 45.5 Å². The minimum Gasteiger partial charge on any atom is -0.481 e. The second kappa shape index (κ2) is 6.91. The van der Waals surface area contributed by atoms with E-state index in [2.05, 4.69) is 4.74 Å². The smallest absolute Gasteiger partial charge is 0.481 e. The Bertz CT molecular complexity index is 410. The number of ether oxygens (including phenoxy) is 1. The van der Waals surface area contributed by atoms with Crippen LogP contribution in [-0.2, 0) is 14.3 Å².